The number of hydrogen-bond donors (Lipinski definition) is 2. The molecule has 0 aliphatic carbocycles. The van der Waals surface area contributed by atoms with Crippen LogP contribution in [-0.2, 0) is 4.79 Å². The van der Waals surface area contributed by atoms with Crippen molar-refractivity contribution in [3.8, 4) is 0 Å². The molecule has 3 heteroatoms. The highest BCUT2D eigenvalue weighted by Gasteiger charge is 2.25. The first-order valence-corrected chi connectivity index (χ1v) is 5.55. The molecule has 0 saturated heterocycles. The second kappa shape index (κ2) is 6.02. The lowest BCUT2D eigenvalue weighted by molar-refractivity contribution is -0.126. The van der Waals surface area contributed by atoms with Crippen LogP contribution >= 0.6 is 0 Å². The van der Waals surface area contributed by atoms with E-state index in [9.17, 15) is 4.79 Å². The Labute approximate surface area is 87.4 Å². The summed E-state index contributed by atoms with van der Waals surface area (Å²) in [5, 5.41) is 2.91. The van der Waals surface area contributed by atoms with Gasteiger partial charge in [-0.1, -0.05) is 33.6 Å². The molecule has 1 unspecified atom stereocenters. The zero-order valence-electron chi connectivity index (χ0n) is 9.89. The Bertz CT molecular complexity index is 174. The van der Waals surface area contributed by atoms with Gasteiger partial charge in [-0.25, -0.2) is 0 Å². The van der Waals surface area contributed by atoms with E-state index in [4.69, 9.17) is 5.73 Å². The smallest absolute Gasteiger partial charge is 0.239 e. The van der Waals surface area contributed by atoms with Crippen molar-refractivity contribution in [2.75, 3.05) is 6.54 Å². The topological polar surface area (TPSA) is 55.1 Å². The summed E-state index contributed by atoms with van der Waals surface area (Å²) in [5.41, 5.74) is 5.10. The van der Waals surface area contributed by atoms with Crippen molar-refractivity contribution < 1.29 is 4.79 Å². The lowest BCUT2D eigenvalue weighted by atomic mass is 9.98. The Morgan fingerprint density at radius 3 is 2.21 bits per heavy atom. The first kappa shape index (κ1) is 13.4. The Morgan fingerprint density at radius 1 is 1.36 bits per heavy atom. The molecule has 84 valence electrons. The molecule has 0 saturated carbocycles. The average molecular weight is 200 g/mol. The van der Waals surface area contributed by atoms with Crippen LogP contribution in [0.2, 0.25) is 0 Å². The molecule has 0 aromatic carbocycles. The van der Waals surface area contributed by atoms with E-state index in [1.54, 1.807) is 6.92 Å². The van der Waals surface area contributed by atoms with E-state index >= 15 is 0 Å². The number of carbonyl (C=O) groups excluding carboxylic acids is 1. The van der Waals surface area contributed by atoms with E-state index in [-0.39, 0.29) is 5.91 Å². The minimum atomic E-state index is -0.716. The van der Waals surface area contributed by atoms with Gasteiger partial charge in [0.2, 0.25) is 5.91 Å². The highest BCUT2D eigenvalue weighted by atomic mass is 16.2. The fourth-order valence-electron chi connectivity index (χ4n) is 1.18. The SMILES string of the molecule is CCC(CC)CNC(=O)C(C)(N)CC. The monoisotopic (exact) mass is 200 g/mol. The summed E-state index contributed by atoms with van der Waals surface area (Å²) in [6.07, 6.45) is 2.87. The van der Waals surface area contributed by atoms with Crippen molar-refractivity contribution in [1.82, 2.24) is 5.32 Å². The first-order valence-electron chi connectivity index (χ1n) is 5.55. The Kier molecular flexibility index (Phi) is 5.77. The molecule has 1 amide bonds. The molecule has 0 aromatic heterocycles. The predicted molar refractivity (Wildman–Crippen MR) is 60.0 cm³/mol. The number of hydrogen-bond acceptors (Lipinski definition) is 2. The highest BCUT2D eigenvalue weighted by molar-refractivity contribution is 5.85. The standard InChI is InChI=1S/C11H24N2O/c1-5-9(6-2)8-13-10(14)11(4,12)7-3/h9H,5-8,12H2,1-4H3,(H,13,14). The van der Waals surface area contributed by atoms with Gasteiger partial charge in [0, 0.05) is 6.54 Å². The lowest BCUT2D eigenvalue weighted by Gasteiger charge is -2.23. The van der Waals surface area contributed by atoms with Gasteiger partial charge in [0.15, 0.2) is 0 Å². The van der Waals surface area contributed by atoms with Crippen molar-refractivity contribution in [3.05, 3.63) is 0 Å². The molecule has 0 aliphatic rings. The maximum Gasteiger partial charge on any atom is 0.239 e. The van der Waals surface area contributed by atoms with Crippen LogP contribution in [0, 0.1) is 5.92 Å². The maximum absolute atomic E-state index is 11.6. The fraction of sp³-hybridized carbons (Fsp3) is 0.909. The van der Waals surface area contributed by atoms with Crippen LogP contribution in [0.5, 0.6) is 0 Å². The molecule has 0 rings (SSSR count). The molecule has 0 radical (unpaired) electrons. The van der Waals surface area contributed by atoms with Crippen LogP contribution in [0.15, 0.2) is 0 Å². The molecular formula is C11H24N2O. The lowest BCUT2D eigenvalue weighted by Crippen LogP contribution is -2.51. The van der Waals surface area contributed by atoms with Crippen LogP contribution in [0.3, 0.4) is 0 Å². The molecule has 3 nitrogen and oxygen atoms in total. The first-order chi connectivity index (χ1) is 6.47. The van der Waals surface area contributed by atoms with Gasteiger partial charge in [0.05, 0.1) is 5.54 Å². The van der Waals surface area contributed by atoms with Crippen molar-refractivity contribution in [2.24, 2.45) is 11.7 Å². The molecular weight excluding hydrogens is 176 g/mol. The summed E-state index contributed by atoms with van der Waals surface area (Å²) in [4.78, 5) is 11.6. The summed E-state index contributed by atoms with van der Waals surface area (Å²) >= 11 is 0. The third-order valence-corrected chi connectivity index (χ3v) is 2.96. The van der Waals surface area contributed by atoms with Gasteiger partial charge in [0.25, 0.3) is 0 Å². The van der Waals surface area contributed by atoms with Crippen LogP contribution in [-0.4, -0.2) is 18.0 Å². The van der Waals surface area contributed by atoms with E-state index < -0.39 is 5.54 Å². The van der Waals surface area contributed by atoms with Gasteiger partial charge >= 0.3 is 0 Å². The molecule has 0 heterocycles. The quantitative estimate of drug-likeness (QED) is 0.685. The van der Waals surface area contributed by atoms with Gasteiger partial charge in [-0.15, -0.1) is 0 Å². The predicted octanol–water partition coefficient (Wildman–Crippen LogP) is 1.67. The third kappa shape index (κ3) is 4.09. The zero-order chi connectivity index (χ0) is 11.2. The van der Waals surface area contributed by atoms with Gasteiger partial charge in [-0.05, 0) is 19.3 Å². The highest BCUT2D eigenvalue weighted by Crippen LogP contribution is 2.08. The fourth-order valence-corrected chi connectivity index (χ4v) is 1.18. The molecule has 0 aliphatic heterocycles. The van der Waals surface area contributed by atoms with E-state index in [0.717, 1.165) is 19.4 Å². The van der Waals surface area contributed by atoms with E-state index in [1.165, 1.54) is 0 Å². The van der Waals surface area contributed by atoms with E-state index in [1.807, 2.05) is 6.92 Å². The Morgan fingerprint density at radius 2 is 1.86 bits per heavy atom. The largest absolute Gasteiger partial charge is 0.354 e. The number of amides is 1. The van der Waals surface area contributed by atoms with Gasteiger partial charge in [0.1, 0.15) is 0 Å². The molecule has 0 bridgehead atoms. The Balaban J connectivity index is 3.95. The summed E-state index contributed by atoms with van der Waals surface area (Å²) in [7, 11) is 0. The molecule has 14 heavy (non-hydrogen) atoms. The zero-order valence-corrected chi connectivity index (χ0v) is 9.89. The van der Waals surface area contributed by atoms with Crippen molar-refractivity contribution in [3.63, 3.8) is 0 Å². The molecule has 0 aromatic rings. The summed E-state index contributed by atoms with van der Waals surface area (Å²) in [6, 6.07) is 0. The molecule has 0 fully saturated rings. The number of nitrogens with two attached hydrogens (primary N) is 1. The van der Waals surface area contributed by atoms with Gasteiger partial charge in [-0.3, -0.25) is 4.79 Å². The average Bonchev–Trinajstić information content (AvgIpc) is 2.19. The van der Waals surface area contributed by atoms with Crippen molar-refractivity contribution in [2.45, 2.75) is 52.5 Å². The van der Waals surface area contributed by atoms with Crippen molar-refractivity contribution in [1.29, 1.82) is 0 Å². The number of nitrogens with one attached hydrogen (secondary N) is 1. The summed E-state index contributed by atoms with van der Waals surface area (Å²) < 4.78 is 0. The van der Waals surface area contributed by atoms with Crippen LogP contribution in [0.25, 0.3) is 0 Å². The Hall–Kier alpha value is -0.570. The van der Waals surface area contributed by atoms with Crippen molar-refractivity contribution >= 4 is 5.91 Å². The summed E-state index contributed by atoms with van der Waals surface area (Å²) in [5.74, 6) is 0.540. The van der Waals surface area contributed by atoms with E-state index in [2.05, 4.69) is 19.2 Å². The second-order valence-electron chi connectivity index (χ2n) is 4.16. The van der Waals surface area contributed by atoms with Crippen LogP contribution in [0.4, 0.5) is 0 Å². The van der Waals surface area contributed by atoms with Gasteiger partial charge in [-0.2, -0.15) is 0 Å². The molecule has 1 atom stereocenters. The second-order valence-corrected chi connectivity index (χ2v) is 4.16. The minimum absolute atomic E-state index is 0.0353. The normalized spacial score (nSPS) is 15.3. The molecule has 0 spiro atoms. The number of rotatable bonds is 6. The number of carbonyl (C=O) groups is 1. The van der Waals surface area contributed by atoms with E-state index in [0.29, 0.717) is 12.3 Å². The summed E-state index contributed by atoms with van der Waals surface area (Å²) in [6.45, 7) is 8.73. The third-order valence-electron chi connectivity index (χ3n) is 2.96. The minimum Gasteiger partial charge on any atom is -0.354 e. The molecule has 3 N–H and O–H groups in total. The van der Waals surface area contributed by atoms with Gasteiger partial charge < -0.3 is 11.1 Å². The van der Waals surface area contributed by atoms with Crippen LogP contribution < -0.4 is 11.1 Å². The maximum atomic E-state index is 11.6. The van der Waals surface area contributed by atoms with Crippen LogP contribution in [0.1, 0.15) is 47.0 Å².